The summed E-state index contributed by atoms with van der Waals surface area (Å²) >= 11 is 0. The van der Waals surface area contributed by atoms with Gasteiger partial charge in [-0.1, -0.05) is 0 Å². The lowest BCUT2D eigenvalue weighted by Crippen LogP contribution is -2.43. The molecule has 4 rings (SSSR count). The summed E-state index contributed by atoms with van der Waals surface area (Å²) in [5, 5.41) is 48.7. The molecule has 6 N–H and O–H groups in total. The molecule has 3 aliphatic heterocycles. The van der Waals surface area contributed by atoms with Crippen LogP contribution in [0.2, 0.25) is 0 Å². The molecule has 3 heterocycles. The molecule has 3 saturated heterocycles. The van der Waals surface area contributed by atoms with Crippen molar-refractivity contribution in [1.29, 1.82) is 0 Å². The average Bonchev–Trinajstić information content (AvgIpc) is 3.66. The molecule has 0 atom stereocenters. The summed E-state index contributed by atoms with van der Waals surface area (Å²) in [5.74, 6) is -4.86. The SMILES string of the molecule is O=C(O)CN(CCN(CC(=O)O)CC(=O)O)CC(=O)O.O=C1C=C(N2CC2)C(=O)C(N2CC2)=C1N1CC1.OBO. The van der Waals surface area contributed by atoms with Gasteiger partial charge in [-0.3, -0.25) is 38.6 Å². The summed E-state index contributed by atoms with van der Waals surface area (Å²) in [4.78, 5) is 74.8. The van der Waals surface area contributed by atoms with Crippen LogP contribution in [0.25, 0.3) is 0 Å². The number of hydrogen-bond acceptors (Lipinski definition) is 13. The highest BCUT2D eigenvalue weighted by atomic mass is 16.4. The van der Waals surface area contributed by atoms with E-state index in [-0.39, 0.29) is 24.7 Å². The van der Waals surface area contributed by atoms with Gasteiger partial charge in [-0.05, 0) is 0 Å². The number of rotatable bonds is 14. The van der Waals surface area contributed by atoms with E-state index in [1.54, 1.807) is 0 Å². The maximum absolute atomic E-state index is 12.4. The summed E-state index contributed by atoms with van der Waals surface area (Å²) in [6.07, 6.45) is 1.52. The molecular weight excluding hydrogens is 537 g/mol. The van der Waals surface area contributed by atoms with Crippen LogP contribution in [0.3, 0.4) is 0 Å². The Morgan fingerprint density at radius 1 is 0.650 bits per heavy atom. The van der Waals surface area contributed by atoms with Crippen LogP contribution in [0.4, 0.5) is 0 Å². The predicted molar refractivity (Wildman–Crippen MR) is 135 cm³/mol. The molecule has 4 aliphatic rings. The Bertz CT molecular complexity index is 1000. The second-order valence-electron chi connectivity index (χ2n) is 9.02. The van der Waals surface area contributed by atoms with Crippen molar-refractivity contribution < 1.29 is 59.2 Å². The Labute approximate surface area is 229 Å². The molecule has 0 bridgehead atoms. The second kappa shape index (κ2) is 15.0. The third-order valence-corrected chi connectivity index (χ3v) is 5.66. The van der Waals surface area contributed by atoms with E-state index in [1.807, 2.05) is 14.7 Å². The van der Waals surface area contributed by atoms with E-state index in [0.717, 1.165) is 49.1 Å². The van der Waals surface area contributed by atoms with Crippen molar-refractivity contribution >= 4 is 43.1 Å². The predicted octanol–water partition coefficient (Wildman–Crippen LogP) is -4.65. The molecule has 0 aromatic carbocycles. The van der Waals surface area contributed by atoms with Gasteiger partial charge in [-0.2, -0.15) is 0 Å². The third kappa shape index (κ3) is 11.0. The van der Waals surface area contributed by atoms with Crippen LogP contribution in [-0.4, -0.2) is 177 Å². The summed E-state index contributed by atoms with van der Waals surface area (Å²) < 4.78 is 0. The largest absolute Gasteiger partial charge is 0.480 e. The molecule has 0 aromatic heterocycles. The smallest absolute Gasteiger partial charge is 0.432 e. The van der Waals surface area contributed by atoms with E-state index in [2.05, 4.69) is 0 Å². The summed E-state index contributed by atoms with van der Waals surface area (Å²) in [5.41, 5.74) is 1.89. The number of nitrogens with zero attached hydrogens (tertiary/aromatic N) is 5. The summed E-state index contributed by atoms with van der Waals surface area (Å²) in [6.45, 7) is 3.16. The molecule has 3 fully saturated rings. The third-order valence-electron chi connectivity index (χ3n) is 5.66. The molecule has 220 valence electrons. The lowest BCUT2D eigenvalue weighted by molar-refractivity contribution is -0.145. The van der Waals surface area contributed by atoms with Gasteiger partial charge in [0.15, 0.2) is 0 Å². The van der Waals surface area contributed by atoms with Crippen molar-refractivity contribution in [2.75, 3.05) is 78.5 Å². The van der Waals surface area contributed by atoms with E-state index in [9.17, 15) is 28.8 Å². The first-order chi connectivity index (χ1) is 18.9. The maximum atomic E-state index is 12.4. The fourth-order valence-electron chi connectivity index (χ4n) is 3.75. The molecule has 18 heteroatoms. The lowest BCUT2D eigenvalue weighted by atomic mass is 10.0. The van der Waals surface area contributed by atoms with Crippen molar-refractivity contribution in [2.24, 2.45) is 0 Å². The van der Waals surface area contributed by atoms with Crippen LogP contribution in [0.1, 0.15) is 0 Å². The first-order valence-corrected chi connectivity index (χ1v) is 12.2. The highest BCUT2D eigenvalue weighted by Gasteiger charge is 2.43. The standard InChI is InChI=1S/C12H13N3O2.C10H16N2O8.BH3O2/c16-9-7-8(13-1-2-13)12(17)11(15-5-6-15)10(9)14-3-4-14;13-7(14)3-11(4-8(15)16)1-2-12(5-9(17)18)6-10(19)20;2-1-3/h7H,1-6H2;1-6H2,(H,13,14)(H,15,16)(H,17,18)(H,19,20);1-3H. The molecular formula is C22H32BN5O12. The molecule has 0 amide bonds. The van der Waals surface area contributed by atoms with Crippen LogP contribution in [0, 0.1) is 0 Å². The Morgan fingerprint density at radius 3 is 1.27 bits per heavy atom. The van der Waals surface area contributed by atoms with Gasteiger partial charge >= 0.3 is 31.6 Å². The Balaban J connectivity index is 0.000000256. The van der Waals surface area contributed by atoms with Gasteiger partial charge in [0.05, 0.1) is 31.9 Å². The number of aliphatic carboxylic acids is 4. The van der Waals surface area contributed by atoms with Crippen LogP contribution in [0.15, 0.2) is 23.2 Å². The van der Waals surface area contributed by atoms with E-state index >= 15 is 0 Å². The molecule has 0 aromatic rings. The van der Waals surface area contributed by atoms with E-state index in [1.165, 1.54) is 6.08 Å². The van der Waals surface area contributed by atoms with Gasteiger partial charge in [-0.15, -0.1) is 0 Å². The zero-order valence-electron chi connectivity index (χ0n) is 21.6. The van der Waals surface area contributed by atoms with E-state index < -0.39 is 57.7 Å². The van der Waals surface area contributed by atoms with Gasteiger partial charge < -0.3 is 45.2 Å². The van der Waals surface area contributed by atoms with Crippen molar-refractivity contribution in [3.05, 3.63) is 23.2 Å². The number of hydrogen-bond donors (Lipinski definition) is 6. The highest BCUT2D eigenvalue weighted by molar-refractivity contribution is 6.22. The normalized spacial score (nSPS) is 17.0. The fourth-order valence-corrected chi connectivity index (χ4v) is 3.75. The fraction of sp³-hybridized carbons (Fsp3) is 0.545. The van der Waals surface area contributed by atoms with E-state index in [0.29, 0.717) is 17.1 Å². The number of allylic oxidation sites excluding steroid dienone is 1. The number of carboxylic acid groups (broad SMARTS) is 4. The van der Waals surface area contributed by atoms with Gasteiger partial charge in [0, 0.05) is 58.4 Å². The molecule has 40 heavy (non-hydrogen) atoms. The first-order valence-electron chi connectivity index (χ1n) is 12.2. The van der Waals surface area contributed by atoms with Crippen molar-refractivity contribution in [1.82, 2.24) is 24.5 Å². The number of carboxylic acids is 4. The lowest BCUT2D eigenvalue weighted by Gasteiger charge is -2.23. The zero-order chi connectivity index (χ0) is 30.0. The van der Waals surface area contributed by atoms with Crippen molar-refractivity contribution in [3.8, 4) is 0 Å². The van der Waals surface area contributed by atoms with Crippen LogP contribution >= 0.6 is 0 Å². The van der Waals surface area contributed by atoms with Crippen molar-refractivity contribution in [3.63, 3.8) is 0 Å². The molecule has 0 radical (unpaired) electrons. The van der Waals surface area contributed by atoms with Gasteiger partial charge in [0.2, 0.25) is 11.6 Å². The maximum Gasteiger partial charge on any atom is 0.432 e. The minimum Gasteiger partial charge on any atom is -0.480 e. The average molecular weight is 569 g/mol. The Morgan fingerprint density at radius 2 is 0.975 bits per heavy atom. The zero-order valence-corrected chi connectivity index (χ0v) is 21.6. The monoisotopic (exact) mass is 569 g/mol. The summed E-state index contributed by atoms with van der Waals surface area (Å²) in [6, 6.07) is 0. The van der Waals surface area contributed by atoms with Crippen molar-refractivity contribution in [2.45, 2.75) is 0 Å². The second-order valence-corrected chi connectivity index (χ2v) is 9.02. The number of carbonyl (C=O) groups is 6. The van der Waals surface area contributed by atoms with Gasteiger partial charge in [0.25, 0.3) is 0 Å². The quantitative estimate of drug-likeness (QED) is 0.0655. The minimum atomic E-state index is -1.23. The molecule has 0 unspecified atom stereocenters. The minimum absolute atomic E-state index is 0.00546. The van der Waals surface area contributed by atoms with Gasteiger partial charge in [-0.25, -0.2) is 0 Å². The molecule has 1 aliphatic carbocycles. The summed E-state index contributed by atoms with van der Waals surface area (Å²) in [7, 11) is -0.750. The van der Waals surface area contributed by atoms with Crippen LogP contribution in [0.5, 0.6) is 0 Å². The number of carbonyl (C=O) groups excluding carboxylic acids is 2. The Kier molecular flexibility index (Phi) is 12.1. The van der Waals surface area contributed by atoms with Crippen LogP contribution in [-0.2, 0) is 28.8 Å². The first kappa shape index (κ1) is 32.2. The molecule has 17 nitrogen and oxygen atoms in total. The molecule has 0 saturated carbocycles. The number of ketones is 2. The Hall–Kier alpha value is -4.00. The number of Topliss-reactive ketones (excluding diaryl/α,β-unsaturated/α-hetero) is 1. The van der Waals surface area contributed by atoms with Crippen LogP contribution < -0.4 is 0 Å². The van der Waals surface area contributed by atoms with Gasteiger partial charge in [0.1, 0.15) is 11.4 Å². The molecule has 0 spiro atoms. The van der Waals surface area contributed by atoms with E-state index in [4.69, 9.17) is 30.5 Å². The topological polar surface area (TPSA) is 239 Å². The highest BCUT2D eigenvalue weighted by Crippen LogP contribution is 2.33.